The van der Waals surface area contributed by atoms with E-state index in [1.54, 1.807) is 7.11 Å². The minimum atomic E-state index is 0.295. The van der Waals surface area contributed by atoms with E-state index >= 15 is 0 Å². The van der Waals surface area contributed by atoms with Gasteiger partial charge in [-0.1, -0.05) is 25.5 Å². The normalized spacial score (nSPS) is 23.9. The summed E-state index contributed by atoms with van der Waals surface area (Å²) in [5.41, 5.74) is 9.04. The van der Waals surface area contributed by atoms with Crippen LogP contribution >= 0.6 is 0 Å². The van der Waals surface area contributed by atoms with Crippen LogP contribution in [0.25, 0.3) is 0 Å². The molecule has 1 aromatic carbocycles. The van der Waals surface area contributed by atoms with Crippen molar-refractivity contribution in [1.29, 1.82) is 0 Å². The third-order valence-corrected chi connectivity index (χ3v) is 3.61. The number of aryl methyl sites for hydroxylation is 1. The van der Waals surface area contributed by atoms with E-state index in [9.17, 15) is 0 Å². The van der Waals surface area contributed by atoms with Crippen LogP contribution in [0, 0.1) is 0 Å². The average molecular weight is 219 g/mol. The van der Waals surface area contributed by atoms with Crippen molar-refractivity contribution in [3.8, 4) is 5.75 Å². The van der Waals surface area contributed by atoms with Crippen molar-refractivity contribution in [3.05, 3.63) is 29.3 Å². The lowest BCUT2D eigenvalue weighted by Gasteiger charge is -2.32. The second-order valence-corrected chi connectivity index (χ2v) is 4.63. The molecule has 0 aliphatic heterocycles. The molecule has 2 N–H and O–H groups in total. The summed E-state index contributed by atoms with van der Waals surface area (Å²) in [5, 5.41) is 0. The Hall–Kier alpha value is -1.02. The van der Waals surface area contributed by atoms with Gasteiger partial charge in [0.2, 0.25) is 0 Å². The van der Waals surface area contributed by atoms with E-state index in [2.05, 4.69) is 25.1 Å². The largest absolute Gasteiger partial charge is 0.496 e. The molecule has 2 unspecified atom stereocenters. The summed E-state index contributed by atoms with van der Waals surface area (Å²) in [6.45, 7) is 2.22. The summed E-state index contributed by atoms with van der Waals surface area (Å²) in [5.74, 6) is 1.50. The maximum absolute atomic E-state index is 6.25. The van der Waals surface area contributed by atoms with E-state index in [0.717, 1.165) is 25.0 Å². The highest BCUT2D eigenvalue weighted by atomic mass is 16.5. The van der Waals surface area contributed by atoms with Gasteiger partial charge in [0.15, 0.2) is 0 Å². The van der Waals surface area contributed by atoms with Crippen molar-refractivity contribution in [3.63, 3.8) is 0 Å². The first kappa shape index (κ1) is 11.5. The summed E-state index contributed by atoms with van der Waals surface area (Å²) >= 11 is 0. The van der Waals surface area contributed by atoms with E-state index in [1.807, 2.05) is 0 Å². The topological polar surface area (TPSA) is 35.2 Å². The predicted molar refractivity (Wildman–Crippen MR) is 66.9 cm³/mol. The Labute approximate surface area is 97.8 Å². The number of hydrogen-bond donors (Lipinski definition) is 1. The molecular formula is C14H21NO. The molecule has 1 aromatic rings. The first-order chi connectivity index (χ1) is 7.77. The lowest BCUT2D eigenvalue weighted by Crippen LogP contribution is -2.33. The zero-order valence-corrected chi connectivity index (χ0v) is 10.2. The van der Waals surface area contributed by atoms with E-state index in [4.69, 9.17) is 10.5 Å². The third-order valence-electron chi connectivity index (χ3n) is 3.61. The fraction of sp³-hybridized carbons (Fsp3) is 0.571. The van der Waals surface area contributed by atoms with Gasteiger partial charge in [-0.25, -0.2) is 0 Å². The standard InChI is InChI=1S/C14H21NO/c1-3-5-11-12(15)9-8-10-6-4-7-13(16-2)14(10)11/h4,6-7,11-12H,3,5,8-9,15H2,1-2H3. The van der Waals surface area contributed by atoms with Gasteiger partial charge >= 0.3 is 0 Å². The Balaban J connectivity index is 2.43. The van der Waals surface area contributed by atoms with Gasteiger partial charge in [0.1, 0.15) is 5.75 Å². The van der Waals surface area contributed by atoms with Gasteiger partial charge < -0.3 is 10.5 Å². The maximum Gasteiger partial charge on any atom is 0.122 e. The monoisotopic (exact) mass is 219 g/mol. The molecule has 88 valence electrons. The molecule has 2 heteroatoms. The number of methoxy groups -OCH3 is 1. The Morgan fingerprint density at radius 2 is 2.25 bits per heavy atom. The number of ether oxygens (including phenoxy) is 1. The van der Waals surface area contributed by atoms with Crippen LogP contribution in [-0.4, -0.2) is 13.2 Å². The SMILES string of the molecule is CCCC1c2c(cccc2OC)CCC1N. The zero-order chi connectivity index (χ0) is 11.5. The molecule has 0 fully saturated rings. The third kappa shape index (κ3) is 1.94. The quantitative estimate of drug-likeness (QED) is 0.848. The molecule has 1 aliphatic carbocycles. The molecule has 2 rings (SSSR count). The maximum atomic E-state index is 6.25. The van der Waals surface area contributed by atoms with Crippen LogP contribution in [0.2, 0.25) is 0 Å². The second kappa shape index (κ2) is 4.88. The van der Waals surface area contributed by atoms with Gasteiger partial charge in [-0.05, 0) is 30.9 Å². The molecule has 0 heterocycles. The van der Waals surface area contributed by atoms with Crippen LogP contribution in [0.3, 0.4) is 0 Å². The minimum Gasteiger partial charge on any atom is -0.496 e. The Morgan fingerprint density at radius 3 is 2.94 bits per heavy atom. The van der Waals surface area contributed by atoms with Gasteiger partial charge in [-0.2, -0.15) is 0 Å². The van der Waals surface area contributed by atoms with Gasteiger partial charge in [0.25, 0.3) is 0 Å². The molecule has 0 saturated carbocycles. The van der Waals surface area contributed by atoms with Crippen LogP contribution in [-0.2, 0) is 6.42 Å². The molecule has 16 heavy (non-hydrogen) atoms. The van der Waals surface area contributed by atoms with E-state index < -0.39 is 0 Å². The van der Waals surface area contributed by atoms with Crippen molar-refractivity contribution in [2.45, 2.75) is 44.6 Å². The fourth-order valence-electron chi connectivity index (χ4n) is 2.81. The molecule has 0 spiro atoms. The number of rotatable bonds is 3. The lowest BCUT2D eigenvalue weighted by molar-refractivity contribution is 0.380. The first-order valence-corrected chi connectivity index (χ1v) is 6.19. The number of nitrogens with two attached hydrogens (primary N) is 1. The summed E-state index contributed by atoms with van der Waals surface area (Å²) in [6.07, 6.45) is 4.53. The van der Waals surface area contributed by atoms with Crippen LogP contribution in [0.15, 0.2) is 18.2 Å². The van der Waals surface area contributed by atoms with Crippen LogP contribution in [0.5, 0.6) is 5.75 Å². The Morgan fingerprint density at radius 1 is 1.44 bits per heavy atom. The number of fused-ring (bicyclic) bond motifs is 1. The van der Waals surface area contributed by atoms with E-state index in [0.29, 0.717) is 12.0 Å². The zero-order valence-electron chi connectivity index (χ0n) is 10.2. The smallest absolute Gasteiger partial charge is 0.122 e. The van der Waals surface area contributed by atoms with Gasteiger partial charge in [-0.3, -0.25) is 0 Å². The summed E-state index contributed by atoms with van der Waals surface area (Å²) in [4.78, 5) is 0. The minimum absolute atomic E-state index is 0.295. The highest BCUT2D eigenvalue weighted by molar-refractivity contribution is 5.45. The van der Waals surface area contributed by atoms with E-state index in [1.165, 1.54) is 17.5 Å². The second-order valence-electron chi connectivity index (χ2n) is 4.63. The van der Waals surface area contributed by atoms with Crippen LogP contribution in [0.4, 0.5) is 0 Å². The van der Waals surface area contributed by atoms with Crippen LogP contribution in [0.1, 0.15) is 43.2 Å². The molecule has 0 radical (unpaired) electrons. The highest BCUT2D eigenvalue weighted by Crippen LogP contribution is 2.39. The van der Waals surface area contributed by atoms with Crippen LogP contribution < -0.4 is 10.5 Å². The summed E-state index contributed by atoms with van der Waals surface area (Å²) < 4.78 is 5.48. The molecule has 2 atom stereocenters. The van der Waals surface area contributed by atoms with Gasteiger partial charge in [-0.15, -0.1) is 0 Å². The predicted octanol–water partition coefficient (Wildman–Crippen LogP) is 2.85. The molecule has 2 nitrogen and oxygen atoms in total. The lowest BCUT2D eigenvalue weighted by atomic mass is 9.77. The fourth-order valence-corrected chi connectivity index (χ4v) is 2.81. The number of hydrogen-bond acceptors (Lipinski definition) is 2. The van der Waals surface area contributed by atoms with Gasteiger partial charge in [0, 0.05) is 17.5 Å². The van der Waals surface area contributed by atoms with Gasteiger partial charge in [0.05, 0.1) is 7.11 Å². The Kier molecular flexibility index (Phi) is 3.49. The van der Waals surface area contributed by atoms with Crippen molar-refractivity contribution in [1.82, 2.24) is 0 Å². The average Bonchev–Trinajstić information content (AvgIpc) is 2.32. The first-order valence-electron chi connectivity index (χ1n) is 6.19. The number of benzene rings is 1. The van der Waals surface area contributed by atoms with Crippen molar-refractivity contribution < 1.29 is 4.74 Å². The molecule has 0 aromatic heterocycles. The molecule has 0 saturated heterocycles. The van der Waals surface area contributed by atoms with Crippen molar-refractivity contribution in [2.75, 3.05) is 7.11 Å². The van der Waals surface area contributed by atoms with Crippen molar-refractivity contribution >= 4 is 0 Å². The summed E-state index contributed by atoms with van der Waals surface area (Å²) in [6, 6.07) is 6.65. The van der Waals surface area contributed by atoms with Crippen molar-refractivity contribution in [2.24, 2.45) is 5.73 Å². The molecule has 1 aliphatic rings. The van der Waals surface area contributed by atoms with E-state index in [-0.39, 0.29) is 0 Å². The highest BCUT2D eigenvalue weighted by Gasteiger charge is 2.28. The Bertz CT molecular complexity index is 348. The molecule has 0 amide bonds. The molecular weight excluding hydrogens is 198 g/mol. The molecule has 0 bridgehead atoms. The summed E-state index contributed by atoms with van der Waals surface area (Å²) in [7, 11) is 1.75.